The minimum atomic E-state index is -2.41. The van der Waals surface area contributed by atoms with E-state index in [2.05, 4.69) is 5.09 Å². The summed E-state index contributed by atoms with van der Waals surface area (Å²) in [5, 5.41) is 13.0. The number of rotatable bonds is 5. The van der Waals surface area contributed by atoms with E-state index in [-0.39, 0.29) is 10.7 Å². The first-order valence-electron chi connectivity index (χ1n) is 7.87. The topological polar surface area (TPSA) is 66.4 Å². The zero-order valence-electron chi connectivity index (χ0n) is 14.2. The number of thiophene rings is 1. The van der Waals surface area contributed by atoms with Crippen molar-refractivity contribution in [3.63, 3.8) is 0 Å². The van der Waals surface area contributed by atoms with Gasteiger partial charge in [-0.25, -0.2) is 9.18 Å². The molecule has 0 aliphatic heterocycles. The predicted molar refractivity (Wildman–Crippen MR) is 105 cm³/mol. The normalized spacial score (nSPS) is 12.0. The number of halogens is 1. The van der Waals surface area contributed by atoms with Crippen LogP contribution in [0.2, 0.25) is 0 Å². The first-order valence-corrected chi connectivity index (χ1v) is 10.1. The Morgan fingerprint density at radius 2 is 1.81 bits per heavy atom. The molecule has 0 saturated heterocycles. The molecule has 2 aromatic carbocycles. The first-order chi connectivity index (χ1) is 12.3. The van der Waals surface area contributed by atoms with E-state index < -0.39 is 13.9 Å². The lowest BCUT2D eigenvalue weighted by Gasteiger charge is -2.09. The molecule has 0 aliphatic carbocycles. The highest BCUT2D eigenvalue weighted by Crippen LogP contribution is 2.38. The van der Waals surface area contributed by atoms with Crippen molar-refractivity contribution in [3.8, 4) is 10.4 Å². The van der Waals surface area contributed by atoms with E-state index in [1.165, 1.54) is 12.1 Å². The number of hydrogen-bond acceptors (Lipinski definition) is 3. The summed E-state index contributed by atoms with van der Waals surface area (Å²) < 4.78 is 25.8. The standard InChI is InChI=1S/C19H17FNO3PS/c1-11-3-8-16(12(2)9-11)25(24)21-15-10-17(26-18(15)19(22)23)13-4-6-14(20)7-5-13/h3-10,25H,1-2H3,(H,21,24)(H,22,23). The minimum Gasteiger partial charge on any atom is -0.477 e. The van der Waals surface area contributed by atoms with Crippen LogP contribution < -0.4 is 10.4 Å². The molecule has 3 rings (SSSR count). The lowest BCUT2D eigenvalue weighted by atomic mass is 10.2. The summed E-state index contributed by atoms with van der Waals surface area (Å²) in [7, 11) is -2.41. The van der Waals surface area contributed by atoms with Gasteiger partial charge in [-0.2, -0.15) is 0 Å². The zero-order chi connectivity index (χ0) is 18.8. The number of aryl methyl sites for hydroxylation is 2. The van der Waals surface area contributed by atoms with Gasteiger partial charge in [0.05, 0.1) is 5.69 Å². The smallest absolute Gasteiger partial charge is 0.348 e. The third-order valence-electron chi connectivity index (χ3n) is 3.93. The van der Waals surface area contributed by atoms with Gasteiger partial charge in [0.1, 0.15) is 10.7 Å². The highest BCUT2D eigenvalue weighted by Gasteiger charge is 2.19. The summed E-state index contributed by atoms with van der Waals surface area (Å²) in [5.41, 5.74) is 2.98. The maximum atomic E-state index is 13.1. The molecular formula is C19H17FNO3PS. The number of carbonyl (C=O) groups is 1. The highest BCUT2D eigenvalue weighted by molar-refractivity contribution is 7.55. The van der Waals surface area contributed by atoms with Crippen molar-refractivity contribution in [2.75, 3.05) is 5.09 Å². The highest BCUT2D eigenvalue weighted by atomic mass is 32.1. The van der Waals surface area contributed by atoms with E-state index in [4.69, 9.17) is 0 Å². The van der Waals surface area contributed by atoms with Gasteiger partial charge in [-0.15, -0.1) is 11.3 Å². The summed E-state index contributed by atoms with van der Waals surface area (Å²) in [6, 6.07) is 13.1. The summed E-state index contributed by atoms with van der Waals surface area (Å²) in [6.45, 7) is 3.83. The van der Waals surface area contributed by atoms with Gasteiger partial charge >= 0.3 is 5.97 Å². The van der Waals surface area contributed by atoms with E-state index in [0.717, 1.165) is 22.5 Å². The average Bonchev–Trinajstić information content (AvgIpc) is 2.99. The number of aromatic carboxylic acids is 1. The molecule has 0 amide bonds. The molecule has 3 aromatic rings. The Morgan fingerprint density at radius 3 is 2.42 bits per heavy atom. The average molecular weight is 389 g/mol. The summed E-state index contributed by atoms with van der Waals surface area (Å²) >= 11 is 1.06. The summed E-state index contributed by atoms with van der Waals surface area (Å²) in [5.74, 6) is -1.46. The number of nitrogens with one attached hydrogen (secondary N) is 1. The van der Waals surface area contributed by atoms with Crippen LogP contribution >= 0.6 is 19.3 Å². The molecule has 2 N–H and O–H groups in total. The SMILES string of the molecule is Cc1ccc([PH](=O)Nc2cc(-c3ccc(F)cc3)sc2C(=O)O)c(C)c1. The lowest BCUT2D eigenvalue weighted by Crippen LogP contribution is -2.07. The molecule has 4 nitrogen and oxygen atoms in total. The van der Waals surface area contributed by atoms with Crippen LogP contribution in [-0.2, 0) is 4.57 Å². The molecule has 1 aromatic heterocycles. The van der Waals surface area contributed by atoms with Crippen LogP contribution in [0.15, 0.2) is 48.5 Å². The van der Waals surface area contributed by atoms with Crippen LogP contribution in [0.5, 0.6) is 0 Å². The molecule has 1 unspecified atom stereocenters. The van der Waals surface area contributed by atoms with Crippen molar-refractivity contribution in [1.82, 2.24) is 0 Å². The Bertz CT molecular complexity index is 999. The van der Waals surface area contributed by atoms with Crippen molar-refractivity contribution in [2.24, 2.45) is 0 Å². The Kier molecular flexibility index (Phi) is 5.25. The second-order valence-electron chi connectivity index (χ2n) is 5.94. The van der Waals surface area contributed by atoms with Crippen molar-refractivity contribution in [1.29, 1.82) is 0 Å². The van der Waals surface area contributed by atoms with Crippen LogP contribution in [-0.4, -0.2) is 11.1 Å². The first kappa shape index (κ1) is 18.4. The number of carboxylic acid groups (broad SMARTS) is 1. The maximum absolute atomic E-state index is 13.1. The van der Waals surface area contributed by atoms with Crippen LogP contribution in [0.3, 0.4) is 0 Å². The van der Waals surface area contributed by atoms with Crippen LogP contribution in [0.1, 0.15) is 20.8 Å². The van der Waals surface area contributed by atoms with Crippen molar-refractivity contribution in [3.05, 3.63) is 70.4 Å². The Morgan fingerprint density at radius 1 is 1.12 bits per heavy atom. The fraction of sp³-hybridized carbons (Fsp3) is 0.105. The van der Waals surface area contributed by atoms with Crippen molar-refractivity contribution < 1.29 is 18.9 Å². The lowest BCUT2D eigenvalue weighted by molar-refractivity contribution is 0.0703. The summed E-state index contributed by atoms with van der Waals surface area (Å²) in [6.07, 6.45) is 0. The third-order valence-corrected chi connectivity index (χ3v) is 6.65. The zero-order valence-corrected chi connectivity index (χ0v) is 16.0. The summed E-state index contributed by atoms with van der Waals surface area (Å²) in [4.78, 5) is 12.3. The van der Waals surface area contributed by atoms with Gasteiger partial charge < -0.3 is 10.2 Å². The number of benzene rings is 2. The van der Waals surface area contributed by atoms with Crippen LogP contribution in [0.4, 0.5) is 10.1 Å². The van der Waals surface area contributed by atoms with Gasteiger partial charge in [-0.3, -0.25) is 4.57 Å². The van der Waals surface area contributed by atoms with E-state index in [9.17, 15) is 18.9 Å². The van der Waals surface area contributed by atoms with E-state index >= 15 is 0 Å². The molecular weight excluding hydrogens is 372 g/mol. The second-order valence-corrected chi connectivity index (χ2v) is 8.44. The second kappa shape index (κ2) is 7.44. The monoisotopic (exact) mass is 389 g/mol. The molecule has 0 saturated carbocycles. The van der Waals surface area contributed by atoms with Crippen molar-refractivity contribution >= 4 is 36.2 Å². The number of hydrogen-bond donors (Lipinski definition) is 2. The molecule has 7 heteroatoms. The van der Waals surface area contributed by atoms with E-state index in [1.807, 2.05) is 26.0 Å². The van der Waals surface area contributed by atoms with Crippen LogP contribution in [0, 0.1) is 19.7 Å². The molecule has 0 spiro atoms. The van der Waals surface area contributed by atoms with E-state index in [0.29, 0.717) is 21.4 Å². The van der Waals surface area contributed by atoms with Gasteiger partial charge in [0, 0.05) is 10.2 Å². The largest absolute Gasteiger partial charge is 0.477 e. The van der Waals surface area contributed by atoms with Gasteiger partial charge in [0.15, 0.2) is 7.95 Å². The van der Waals surface area contributed by atoms with Gasteiger partial charge in [-0.05, 0) is 49.2 Å². The van der Waals surface area contributed by atoms with Crippen LogP contribution in [0.25, 0.3) is 10.4 Å². The number of carboxylic acids is 1. The molecule has 26 heavy (non-hydrogen) atoms. The van der Waals surface area contributed by atoms with Gasteiger partial charge in [0.2, 0.25) is 0 Å². The third kappa shape index (κ3) is 3.87. The Balaban J connectivity index is 1.95. The molecule has 1 heterocycles. The van der Waals surface area contributed by atoms with Crippen molar-refractivity contribution in [2.45, 2.75) is 13.8 Å². The Labute approximate surface area is 155 Å². The number of anilines is 1. The molecule has 134 valence electrons. The molecule has 0 bridgehead atoms. The Hall–Kier alpha value is -2.43. The fourth-order valence-electron chi connectivity index (χ4n) is 2.66. The molecule has 0 radical (unpaired) electrons. The van der Waals surface area contributed by atoms with Gasteiger partial charge in [-0.1, -0.05) is 29.8 Å². The van der Waals surface area contributed by atoms with E-state index in [1.54, 1.807) is 24.3 Å². The minimum absolute atomic E-state index is 0.0763. The molecule has 1 atom stereocenters. The molecule has 0 aliphatic rings. The van der Waals surface area contributed by atoms with Gasteiger partial charge in [0.25, 0.3) is 0 Å². The predicted octanol–water partition coefficient (Wildman–Crippen LogP) is 5.08. The maximum Gasteiger partial charge on any atom is 0.348 e. The fourth-order valence-corrected chi connectivity index (χ4v) is 4.95. The quantitative estimate of drug-likeness (QED) is 0.597. The molecule has 0 fully saturated rings.